The third kappa shape index (κ3) is 3.61. The molecule has 3 fully saturated rings. The normalized spacial score (nSPS) is 29.2. The predicted octanol–water partition coefficient (Wildman–Crippen LogP) is 2.12. The van der Waals surface area contributed by atoms with Gasteiger partial charge in [0.25, 0.3) is 0 Å². The molecule has 4 aliphatic rings. The minimum absolute atomic E-state index is 0.193. The van der Waals surface area contributed by atoms with Crippen molar-refractivity contribution in [2.45, 2.75) is 37.0 Å². The number of hydrogen-bond acceptors (Lipinski definition) is 5. The zero-order chi connectivity index (χ0) is 20.0. The number of fused-ring (bicyclic) bond motifs is 3. The minimum atomic E-state index is -3.61. The first-order valence-electron chi connectivity index (χ1n) is 10.7. The molecular formula is C21H28N2O5S. The highest BCUT2D eigenvalue weighted by Crippen LogP contribution is 2.49. The number of carbonyl (C=O) groups excluding carboxylic acids is 1. The lowest BCUT2D eigenvalue weighted by Crippen LogP contribution is -2.50. The summed E-state index contributed by atoms with van der Waals surface area (Å²) in [6.07, 6.45) is 5.76. The van der Waals surface area contributed by atoms with Gasteiger partial charge in [0.2, 0.25) is 15.9 Å². The summed E-state index contributed by atoms with van der Waals surface area (Å²) in [5, 5.41) is 0. The molecule has 1 aromatic carbocycles. The smallest absolute Gasteiger partial charge is 0.243 e. The van der Waals surface area contributed by atoms with Crippen LogP contribution in [0.5, 0.6) is 11.5 Å². The van der Waals surface area contributed by atoms with Crippen LogP contribution in [0, 0.1) is 17.8 Å². The van der Waals surface area contributed by atoms with Crippen LogP contribution in [0.25, 0.3) is 0 Å². The van der Waals surface area contributed by atoms with Crippen LogP contribution < -0.4 is 9.47 Å². The van der Waals surface area contributed by atoms with E-state index in [0.29, 0.717) is 63.2 Å². The molecule has 1 saturated heterocycles. The molecule has 1 aromatic rings. The summed E-state index contributed by atoms with van der Waals surface area (Å²) in [5.74, 6) is 3.36. The highest BCUT2D eigenvalue weighted by atomic mass is 32.2. The zero-order valence-electron chi connectivity index (χ0n) is 16.6. The quantitative estimate of drug-likeness (QED) is 0.746. The van der Waals surface area contributed by atoms with Gasteiger partial charge in [-0.1, -0.05) is 6.42 Å². The van der Waals surface area contributed by atoms with Gasteiger partial charge in [-0.05, 0) is 49.1 Å². The number of ether oxygens (including phenoxy) is 2. The van der Waals surface area contributed by atoms with E-state index in [0.717, 1.165) is 11.8 Å². The van der Waals surface area contributed by atoms with Gasteiger partial charge in [0.15, 0.2) is 11.5 Å². The Bertz CT molecular complexity index is 894. The molecule has 29 heavy (non-hydrogen) atoms. The first-order chi connectivity index (χ1) is 14.0. The van der Waals surface area contributed by atoms with Crippen LogP contribution >= 0.6 is 0 Å². The van der Waals surface area contributed by atoms with Crippen LogP contribution in [0.3, 0.4) is 0 Å². The molecule has 2 heterocycles. The maximum absolute atomic E-state index is 13.0. The average Bonchev–Trinajstić information content (AvgIpc) is 3.36. The van der Waals surface area contributed by atoms with Crippen LogP contribution in [-0.4, -0.2) is 62.9 Å². The number of sulfonamides is 1. The Hall–Kier alpha value is -1.80. The maximum Gasteiger partial charge on any atom is 0.243 e. The van der Waals surface area contributed by atoms with Crippen molar-refractivity contribution >= 4 is 15.9 Å². The van der Waals surface area contributed by atoms with Crippen molar-refractivity contribution in [2.24, 2.45) is 17.8 Å². The molecule has 0 spiro atoms. The van der Waals surface area contributed by atoms with Crippen molar-refractivity contribution in [3.05, 3.63) is 18.2 Å². The molecular weight excluding hydrogens is 392 g/mol. The maximum atomic E-state index is 13.0. The van der Waals surface area contributed by atoms with Gasteiger partial charge < -0.3 is 14.4 Å². The summed E-state index contributed by atoms with van der Waals surface area (Å²) in [5.41, 5.74) is 0. The van der Waals surface area contributed by atoms with Crippen LogP contribution in [0.4, 0.5) is 0 Å². The first-order valence-corrected chi connectivity index (χ1v) is 12.1. The van der Waals surface area contributed by atoms with Crippen molar-refractivity contribution in [3.63, 3.8) is 0 Å². The van der Waals surface area contributed by atoms with Gasteiger partial charge in [-0.3, -0.25) is 4.79 Å². The van der Waals surface area contributed by atoms with Gasteiger partial charge in [0.05, 0.1) is 4.90 Å². The Morgan fingerprint density at radius 2 is 1.76 bits per heavy atom. The lowest BCUT2D eigenvalue weighted by Gasteiger charge is -2.35. The van der Waals surface area contributed by atoms with Crippen LogP contribution in [0.2, 0.25) is 0 Å². The highest BCUT2D eigenvalue weighted by molar-refractivity contribution is 7.89. The van der Waals surface area contributed by atoms with Gasteiger partial charge in [0.1, 0.15) is 13.2 Å². The molecule has 2 saturated carbocycles. The standard InChI is InChI=1S/C21H28N2O5S/c24-21(13-17-12-15-1-2-16(17)11-15)22-5-7-23(8-6-22)29(25,26)18-3-4-19-20(14-18)28-10-9-27-19/h3-4,14-17H,1-2,5-13H2/t15-,16+,17+/m0/s1. The van der Waals surface area contributed by atoms with E-state index < -0.39 is 10.0 Å². The monoisotopic (exact) mass is 420 g/mol. The Kier molecular flexibility index (Phi) is 4.94. The second-order valence-electron chi connectivity index (χ2n) is 8.73. The lowest BCUT2D eigenvalue weighted by atomic mass is 9.86. The number of hydrogen-bond donors (Lipinski definition) is 0. The fourth-order valence-electron chi connectivity index (χ4n) is 5.49. The average molecular weight is 421 g/mol. The van der Waals surface area contributed by atoms with E-state index in [-0.39, 0.29) is 10.8 Å². The third-order valence-corrected chi connectivity index (χ3v) is 8.96. The number of amides is 1. The minimum Gasteiger partial charge on any atom is -0.486 e. The van der Waals surface area contributed by atoms with E-state index in [9.17, 15) is 13.2 Å². The topological polar surface area (TPSA) is 76.2 Å². The molecule has 2 aliphatic heterocycles. The molecule has 0 aromatic heterocycles. The van der Waals surface area contributed by atoms with Gasteiger partial charge >= 0.3 is 0 Å². The second-order valence-corrected chi connectivity index (χ2v) is 10.7. The number of nitrogens with zero attached hydrogens (tertiary/aromatic N) is 2. The Labute approximate surface area is 172 Å². The third-order valence-electron chi connectivity index (χ3n) is 7.06. The molecule has 2 bridgehead atoms. The summed E-state index contributed by atoms with van der Waals surface area (Å²) in [6, 6.07) is 4.75. The molecule has 0 N–H and O–H groups in total. The van der Waals surface area contributed by atoms with Crippen LogP contribution in [-0.2, 0) is 14.8 Å². The van der Waals surface area contributed by atoms with Gasteiger partial charge in [-0.2, -0.15) is 4.31 Å². The van der Waals surface area contributed by atoms with Crippen molar-refractivity contribution < 1.29 is 22.7 Å². The summed E-state index contributed by atoms with van der Waals surface area (Å²) < 4.78 is 38.5. The highest BCUT2D eigenvalue weighted by Gasteiger charge is 2.41. The Morgan fingerprint density at radius 1 is 1.00 bits per heavy atom. The summed E-state index contributed by atoms with van der Waals surface area (Å²) in [7, 11) is -3.61. The summed E-state index contributed by atoms with van der Waals surface area (Å²) in [4.78, 5) is 14.8. The fourth-order valence-corrected chi connectivity index (χ4v) is 6.93. The molecule has 5 rings (SSSR count). The molecule has 0 radical (unpaired) electrons. The molecule has 158 valence electrons. The molecule has 2 aliphatic carbocycles. The van der Waals surface area contributed by atoms with Crippen LogP contribution in [0.1, 0.15) is 32.1 Å². The number of carbonyl (C=O) groups is 1. The Balaban J connectivity index is 1.20. The van der Waals surface area contributed by atoms with Crippen molar-refractivity contribution in [3.8, 4) is 11.5 Å². The SMILES string of the molecule is O=C(C[C@H]1C[C@H]2CC[C@@H]1C2)N1CCN(S(=O)(=O)c2ccc3c(c2)OCCO3)CC1. The van der Waals surface area contributed by atoms with E-state index in [1.807, 2.05) is 4.90 Å². The molecule has 7 nitrogen and oxygen atoms in total. The molecule has 8 heteroatoms. The largest absolute Gasteiger partial charge is 0.486 e. The van der Waals surface area contributed by atoms with E-state index in [2.05, 4.69) is 0 Å². The van der Waals surface area contributed by atoms with E-state index in [4.69, 9.17) is 9.47 Å². The lowest BCUT2D eigenvalue weighted by molar-refractivity contribution is -0.133. The molecule has 1 amide bonds. The summed E-state index contributed by atoms with van der Waals surface area (Å²) >= 11 is 0. The second kappa shape index (κ2) is 7.47. The van der Waals surface area contributed by atoms with E-state index in [1.165, 1.54) is 36.1 Å². The van der Waals surface area contributed by atoms with Crippen molar-refractivity contribution in [1.82, 2.24) is 9.21 Å². The van der Waals surface area contributed by atoms with Gasteiger partial charge in [-0.15, -0.1) is 0 Å². The van der Waals surface area contributed by atoms with E-state index >= 15 is 0 Å². The van der Waals surface area contributed by atoms with Gasteiger partial charge in [-0.25, -0.2) is 8.42 Å². The molecule has 3 atom stereocenters. The van der Waals surface area contributed by atoms with Crippen LogP contribution in [0.15, 0.2) is 23.1 Å². The first kappa shape index (κ1) is 19.2. The van der Waals surface area contributed by atoms with Crippen molar-refractivity contribution in [1.29, 1.82) is 0 Å². The zero-order valence-corrected chi connectivity index (χ0v) is 17.4. The van der Waals surface area contributed by atoms with Crippen molar-refractivity contribution in [2.75, 3.05) is 39.4 Å². The Morgan fingerprint density at radius 3 is 2.45 bits per heavy atom. The fraction of sp³-hybridized carbons (Fsp3) is 0.667. The van der Waals surface area contributed by atoms with Gasteiger partial charge in [0, 0.05) is 38.7 Å². The number of benzene rings is 1. The number of piperazine rings is 1. The summed E-state index contributed by atoms with van der Waals surface area (Å²) in [6.45, 7) is 2.47. The molecule has 0 unspecified atom stereocenters. The predicted molar refractivity (Wildman–Crippen MR) is 106 cm³/mol. The van der Waals surface area contributed by atoms with E-state index in [1.54, 1.807) is 12.1 Å². The number of rotatable bonds is 4.